The largest absolute Gasteiger partial charge is 0.471 e. The predicted molar refractivity (Wildman–Crippen MR) is 93.2 cm³/mol. The van der Waals surface area contributed by atoms with Crippen molar-refractivity contribution in [3.05, 3.63) is 30.6 Å². The molecule has 0 saturated carbocycles. The minimum absolute atomic E-state index is 0.106. The number of anilines is 1. The minimum atomic E-state index is -4.81. The van der Waals surface area contributed by atoms with Crippen molar-refractivity contribution in [3.8, 4) is 0 Å². The Morgan fingerprint density at radius 3 is 2.70 bits per heavy atom. The van der Waals surface area contributed by atoms with E-state index in [2.05, 4.69) is 15.3 Å². The summed E-state index contributed by atoms with van der Waals surface area (Å²) in [6.45, 7) is 0.750. The van der Waals surface area contributed by atoms with Crippen LogP contribution in [-0.2, 0) is 4.79 Å². The number of nitrogens with zero attached hydrogens (tertiary/aromatic N) is 3. The van der Waals surface area contributed by atoms with Crippen LogP contribution in [0.2, 0.25) is 0 Å². The molecule has 1 aromatic carbocycles. The third kappa shape index (κ3) is 3.41. The van der Waals surface area contributed by atoms with Crippen molar-refractivity contribution in [1.29, 1.82) is 0 Å². The molecule has 0 atom stereocenters. The molecule has 2 aromatic heterocycles. The van der Waals surface area contributed by atoms with Crippen molar-refractivity contribution in [3.63, 3.8) is 0 Å². The molecule has 0 spiro atoms. The summed E-state index contributed by atoms with van der Waals surface area (Å²) in [5, 5.41) is 4.12. The van der Waals surface area contributed by atoms with Gasteiger partial charge in [-0.3, -0.25) is 4.79 Å². The lowest BCUT2D eigenvalue weighted by Crippen LogP contribution is -2.46. The number of alkyl halides is 3. The molecule has 9 heteroatoms. The molecule has 3 heterocycles. The van der Waals surface area contributed by atoms with Crippen LogP contribution in [-0.4, -0.2) is 46.6 Å². The van der Waals surface area contributed by atoms with E-state index >= 15 is 0 Å². The molecule has 0 radical (unpaired) electrons. The summed E-state index contributed by atoms with van der Waals surface area (Å²) in [4.78, 5) is 20.7. The summed E-state index contributed by atoms with van der Waals surface area (Å²) < 4.78 is 43.4. The first-order chi connectivity index (χ1) is 12.9. The minimum Gasteiger partial charge on any atom is -0.450 e. The zero-order valence-electron chi connectivity index (χ0n) is 14.3. The van der Waals surface area contributed by atoms with Crippen molar-refractivity contribution in [2.45, 2.75) is 19.0 Å². The Labute approximate surface area is 152 Å². The molecule has 6 nitrogen and oxygen atoms in total. The van der Waals surface area contributed by atoms with E-state index in [1.165, 1.54) is 6.33 Å². The molecule has 3 aromatic rings. The van der Waals surface area contributed by atoms with Crippen molar-refractivity contribution < 1.29 is 22.4 Å². The lowest BCUT2D eigenvalue weighted by Gasteiger charge is -2.32. The monoisotopic (exact) mass is 378 g/mol. The quantitative estimate of drug-likeness (QED) is 0.754. The number of likely N-dealkylation sites (tertiary alicyclic amines) is 1. The molecular weight excluding hydrogens is 361 g/mol. The first kappa shape index (κ1) is 17.6. The van der Waals surface area contributed by atoms with E-state index in [4.69, 9.17) is 4.42 Å². The van der Waals surface area contributed by atoms with Crippen LogP contribution < -0.4 is 5.32 Å². The van der Waals surface area contributed by atoms with Crippen LogP contribution in [0.1, 0.15) is 12.8 Å². The van der Waals surface area contributed by atoms with Crippen LogP contribution in [0.15, 0.2) is 35.0 Å². The van der Waals surface area contributed by atoms with Gasteiger partial charge < -0.3 is 14.6 Å². The van der Waals surface area contributed by atoms with E-state index in [1.54, 1.807) is 0 Å². The number of piperidine rings is 1. The Morgan fingerprint density at radius 2 is 1.96 bits per heavy atom. The topological polar surface area (TPSA) is 71.3 Å². The van der Waals surface area contributed by atoms with Crippen molar-refractivity contribution in [1.82, 2.24) is 14.9 Å². The van der Waals surface area contributed by atoms with Crippen LogP contribution in [0.25, 0.3) is 22.1 Å². The maximum Gasteiger partial charge on any atom is 0.471 e. The second-order valence-electron chi connectivity index (χ2n) is 6.61. The molecular formula is C18H17F3N4O2. The third-order valence-electron chi connectivity index (χ3n) is 4.86. The number of halogens is 3. The van der Waals surface area contributed by atoms with Crippen molar-refractivity contribution >= 4 is 33.8 Å². The smallest absolute Gasteiger partial charge is 0.450 e. The maximum absolute atomic E-state index is 12.5. The van der Waals surface area contributed by atoms with Gasteiger partial charge in [0.25, 0.3) is 0 Å². The number of carbonyl (C=O) groups is 1. The number of furan rings is 1. The molecule has 0 unspecified atom stereocenters. The summed E-state index contributed by atoms with van der Waals surface area (Å²) in [5.74, 6) is -1.05. The average Bonchev–Trinajstić information content (AvgIpc) is 3.05. The van der Waals surface area contributed by atoms with Gasteiger partial charge in [-0.2, -0.15) is 13.2 Å². The number of benzene rings is 1. The highest BCUT2D eigenvalue weighted by Gasteiger charge is 2.43. The van der Waals surface area contributed by atoms with Gasteiger partial charge in [0.2, 0.25) is 0 Å². The lowest BCUT2D eigenvalue weighted by molar-refractivity contribution is -0.186. The number of hydrogen-bond donors (Lipinski definition) is 1. The summed E-state index contributed by atoms with van der Waals surface area (Å²) >= 11 is 0. The van der Waals surface area contributed by atoms with Gasteiger partial charge in [-0.1, -0.05) is 12.1 Å². The number of carbonyl (C=O) groups excluding carboxylic acids is 1. The van der Waals surface area contributed by atoms with Crippen LogP contribution in [0.3, 0.4) is 0 Å². The van der Waals surface area contributed by atoms with Gasteiger partial charge in [0.15, 0.2) is 11.4 Å². The molecule has 0 bridgehead atoms. The zero-order chi connectivity index (χ0) is 19.0. The van der Waals surface area contributed by atoms with Gasteiger partial charge in [0.05, 0.1) is 0 Å². The molecule has 27 heavy (non-hydrogen) atoms. The van der Waals surface area contributed by atoms with Crippen LogP contribution in [0.4, 0.5) is 19.0 Å². The summed E-state index contributed by atoms with van der Waals surface area (Å²) in [6.07, 6.45) is -2.34. The van der Waals surface area contributed by atoms with Gasteiger partial charge in [0.1, 0.15) is 17.4 Å². The fourth-order valence-electron chi connectivity index (χ4n) is 3.41. The van der Waals surface area contributed by atoms with E-state index in [0.717, 1.165) is 15.9 Å². The van der Waals surface area contributed by atoms with Crippen molar-refractivity contribution in [2.75, 3.05) is 25.0 Å². The normalized spacial score (nSPS) is 16.2. The van der Waals surface area contributed by atoms with Crippen LogP contribution >= 0.6 is 0 Å². The number of aromatic nitrogens is 2. The summed E-state index contributed by atoms with van der Waals surface area (Å²) in [6, 6.07) is 7.56. The van der Waals surface area contributed by atoms with Gasteiger partial charge in [0, 0.05) is 25.0 Å². The predicted octanol–water partition coefficient (Wildman–Crippen LogP) is 3.59. The number of amides is 1. The van der Waals surface area contributed by atoms with E-state index in [1.807, 2.05) is 24.3 Å². The highest BCUT2D eigenvalue weighted by Crippen LogP contribution is 2.31. The zero-order valence-corrected chi connectivity index (χ0v) is 14.3. The third-order valence-corrected chi connectivity index (χ3v) is 4.86. The molecule has 0 aliphatic carbocycles. The van der Waals surface area contributed by atoms with Gasteiger partial charge >= 0.3 is 12.1 Å². The first-order valence-corrected chi connectivity index (χ1v) is 8.65. The van der Waals surface area contributed by atoms with E-state index in [-0.39, 0.29) is 19.0 Å². The highest BCUT2D eigenvalue weighted by molar-refractivity contribution is 6.05. The van der Waals surface area contributed by atoms with Crippen LogP contribution in [0.5, 0.6) is 0 Å². The Balaban J connectivity index is 1.42. The van der Waals surface area contributed by atoms with E-state index in [9.17, 15) is 18.0 Å². The maximum atomic E-state index is 12.5. The number of nitrogens with one attached hydrogen (secondary N) is 1. The van der Waals surface area contributed by atoms with Crippen LogP contribution in [0, 0.1) is 5.92 Å². The van der Waals surface area contributed by atoms with E-state index < -0.39 is 12.1 Å². The molecule has 1 saturated heterocycles. The fourth-order valence-corrected chi connectivity index (χ4v) is 3.41. The number of fused-ring (bicyclic) bond motifs is 3. The summed E-state index contributed by atoms with van der Waals surface area (Å²) in [7, 11) is 0. The number of hydrogen-bond acceptors (Lipinski definition) is 5. The van der Waals surface area contributed by atoms with Gasteiger partial charge in [-0.25, -0.2) is 9.97 Å². The molecule has 1 aliphatic heterocycles. The first-order valence-electron chi connectivity index (χ1n) is 8.65. The Bertz CT molecular complexity index is 978. The molecule has 1 amide bonds. The SMILES string of the molecule is O=C(N1CCC(CNc2ncnc3c2oc2ccccc23)CC1)C(F)(F)F. The Kier molecular flexibility index (Phi) is 4.37. The second kappa shape index (κ2) is 6.71. The average molecular weight is 378 g/mol. The molecule has 4 rings (SSSR count). The standard InChI is InChI=1S/C18H17F3N4O2/c19-18(20,21)17(26)25-7-5-11(6-8-25)9-22-16-15-14(23-10-24-16)12-3-1-2-4-13(12)27-15/h1-4,10-11H,5-9H2,(H,22,23,24). The number of rotatable bonds is 3. The van der Waals surface area contributed by atoms with Gasteiger partial charge in [-0.15, -0.1) is 0 Å². The Hall–Kier alpha value is -2.84. The van der Waals surface area contributed by atoms with Crippen molar-refractivity contribution in [2.24, 2.45) is 5.92 Å². The summed E-state index contributed by atoms with van der Waals surface area (Å²) in [5.41, 5.74) is 1.99. The van der Waals surface area contributed by atoms with E-state index in [0.29, 0.717) is 36.3 Å². The second-order valence-corrected chi connectivity index (χ2v) is 6.61. The molecule has 142 valence electrons. The fraction of sp³-hybridized carbons (Fsp3) is 0.389. The lowest BCUT2D eigenvalue weighted by atomic mass is 9.96. The Morgan fingerprint density at radius 1 is 1.22 bits per heavy atom. The molecule has 1 aliphatic rings. The molecule has 1 N–H and O–H groups in total. The highest BCUT2D eigenvalue weighted by atomic mass is 19.4. The van der Waals surface area contributed by atoms with Gasteiger partial charge in [-0.05, 0) is 30.9 Å². The molecule has 1 fully saturated rings. The number of para-hydroxylation sites is 1.